The number of hydrogen-bond donors (Lipinski definition) is 1. The van der Waals surface area contributed by atoms with E-state index in [2.05, 4.69) is 19.2 Å². The molecule has 2 aromatic rings. The molecule has 4 nitrogen and oxygen atoms in total. The summed E-state index contributed by atoms with van der Waals surface area (Å²) >= 11 is 1.49. The summed E-state index contributed by atoms with van der Waals surface area (Å²) in [7, 11) is 0. The van der Waals surface area contributed by atoms with E-state index in [-0.39, 0.29) is 23.7 Å². The third kappa shape index (κ3) is 4.38. The van der Waals surface area contributed by atoms with Crippen LogP contribution in [0.3, 0.4) is 0 Å². The monoisotopic (exact) mass is 426 g/mol. The molecule has 0 spiro atoms. The Bertz CT molecular complexity index is 947. The van der Waals surface area contributed by atoms with Crippen molar-refractivity contribution in [3.05, 3.63) is 59.4 Å². The average molecular weight is 427 g/mol. The van der Waals surface area contributed by atoms with Crippen molar-refractivity contribution in [1.29, 1.82) is 0 Å². The summed E-state index contributed by atoms with van der Waals surface area (Å²) in [6, 6.07) is 11.9. The summed E-state index contributed by atoms with van der Waals surface area (Å²) in [5.74, 6) is 1.01. The van der Waals surface area contributed by atoms with Gasteiger partial charge in [0.15, 0.2) is 0 Å². The lowest BCUT2D eigenvalue weighted by molar-refractivity contribution is -0.116. The molecule has 1 heterocycles. The summed E-state index contributed by atoms with van der Waals surface area (Å²) in [6.45, 7) is 4.81. The van der Waals surface area contributed by atoms with Crippen molar-refractivity contribution in [2.45, 2.75) is 50.6 Å². The van der Waals surface area contributed by atoms with Crippen LogP contribution in [0, 0.1) is 17.7 Å². The number of benzene rings is 2. The lowest BCUT2D eigenvalue weighted by Gasteiger charge is -2.34. The second-order valence-corrected chi connectivity index (χ2v) is 9.44. The van der Waals surface area contributed by atoms with Gasteiger partial charge in [0, 0.05) is 16.5 Å². The maximum absolute atomic E-state index is 13.2. The molecule has 0 radical (unpaired) electrons. The third-order valence-corrected chi connectivity index (χ3v) is 7.49. The zero-order chi connectivity index (χ0) is 21.3. The van der Waals surface area contributed by atoms with Gasteiger partial charge in [-0.2, -0.15) is 0 Å². The first-order valence-corrected chi connectivity index (χ1v) is 11.5. The van der Waals surface area contributed by atoms with Crippen LogP contribution in [0.2, 0.25) is 0 Å². The normalized spacial score (nSPS) is 23.8. The summed E-state index contributed by atoms with van der Waals surface area (Å²) in [5, 5.41) is 3.21. The Kier molecular flexibility index (Phi) is 6.14. The predicted octanol–water partition coefficient (Wildman–Crippen LogP) is 5.02. The van der Waals surface area contributed by atoms with E-state index >= 15 is 0 Å². The van der Waals surface area contributed by atoms with Gasteiger partial charge >= 0.3 is 0 Å². The Morgan fingerprint density at radius 2 is 1.93 bits per heavy atom. The van der Waals surface area contributed by atoms with Crippen LogP contribution in [0.15, 0.2) is 47.4 Å². The van der Waals surface area contributed by atoms with E-state index < -0.39 is 0 Å². The smallest absolute Gasteiger partial charge is 0.251 e. The van der Waals surface area contributed by atoms with Crippen molar-refractivity contribution >= 4 is 29.3 Å². The number of hydrogen-bond acceptors (Lipinski definition) is 3. The summed E-state index contributed by atoms with van der Waals surface area (Å²) in [6.07, 6.45) is 3.36. The van der Waals surface area contributed by atoms with Gasteiger partial charge in [-0.05, 0) is 54.2 Å². The Hall–Kier alpha value is -2.34. The molecule has 3 unspecified atom stereocenters. The topological polar surface area (TPSA) is 49.4 Å². The van der Waals surface area contributed by atoms with Crippen molar-refractivity contribution in [3.63, 3.8) is 0 Å². The molecule has 0 saturated heterocycles. The summed E-state index contributed by atoms with van der Waals surface area (Å²) < 4.78 is 13.2. The van der Waals surface area contributed by atoms with E-state index in [1.54, 1.807) is 17.0 Å². The molecule has 4 rings (SSSR count). The van der Waals surface area contributed by atoms with E-state index in [9.17, 15) is 14.0 Å². The molecule has 30 heavy (non-hydrogen) atoms. The molecular weight excluding hydrogens is 399 g/mol. The van der Waals surface area contributed by atoms with Crippen LogP contribution in [0.5, 0.6) is 0 Å². The van der Waals surface area contributed by atoms with Crippen molar-refractivity contribution in [2.24, 2.45) is 11.8 Å². The number of halogens is 1. The van der Waals surface area contributed by atoms with E-state index in [0.717, 1.165) is 29.0 Å². The fourth-order valence-electron chi connectivity index (χ4n) is 4.33. The number of nitrogens with one attached hydrogen (secondary N) is 1. The molecule has 0 aromatic heterocycles. The number of rotatable bonds is 4. The first kappa shape index (κ1) is 20.9. The van der Waals surface area contributed by atoms with E-state index in [1.807, 2.05) is 18.2 Å². The highest BCUT2D eigenvalue weighted by atomic mass is 32.2. The van der Waals surface area contributed by atoms with Crippen LogP contribution < -0.4 is 10.2 Å². The first-order valence-electron chi connectivity index (χ1n) is 10.5. The van der Waals surface area contributed by atoms with Gasteiger partial charge in [-0.15, -0.1) is 11.8 Å². The molecule has 3 atom stereocenters. The van der Waals surface area contributed by atoms with Gasteiger partial charge in [-0.1, -0.05) is 38.8 Å². The molecule has 2 aromatic carbocycles. The molecule has 1 aliphatic carbocycles. The molecule has 2 aliphatic rings. The average Bonchev–Trinajstić information content (AvgIpc) is 2.74. The minimum Gasteiger partial charge on any atom is -0.349 e. The highest BCUT2D eigenvalue weighted by Gasteiger charge is 2.30. The van der Waals surface area contributed by atoms with Gasteiger partial charge in [0.2, 0.25) is 5.91 Å². The van der Waals surface area contributed by atoms with E-state index in [4.69, 9.17) is 0 Å². The van der Waals surface area contributed by atoms with Gasteiger partial charge < -0.3 is 10.2 Å². The molecule has 2 amide bonds. The van der Waals surface area contributed by atoms with Crippen LogP contribution in [-0.4, -0.2) is 23.6 Å². The predicted molar refractivity (Wildman–Crippen MR) is 118 cm³/mol. The van der Waals surface area contributed by atoms with Crippen LogP contribution in [0.25, 0.3) is 0 Å². The first-order chi connectivity index (χ1) is 14.4. The minimum atomic E-state index is -0.301. The molecule has 158 valence electrons. The Morgan fingerprint density at radius 3 is 2.70 bits per heavy atom. The molecule has 1 fully saturated rings. The maximum atomic E-state index is 13.2. The largest absolute Gasteiger partial charge is 0.349 e. The number of anilines is 1. The number of amides is 2. The quantitative estimate of drug-likeness (QED) is 0.747. The van der Waals surface area contributed by atoms with E-state index in [0.29, 0.717) is 29.7 Å². The summed E-state index contributed by atoms with van der Waals surface area (Å²) in [4.78, 5) is 28.3. The van der Waals surface area contributed by atoms with Crippen molar-refractivity contribution in [2.75, 3.05) is 10.7 Å². The van der Waals surface area contributed by atoms with Crippen LogP contribution >= 0.6 is 11.8 Å². The SMILES string of the molecule is CC1CCCC(NC(=O)c2ccc3c(c2)N(Cc2ccc(F)cc2)C(=O)CS3)C1C. The van der Waals surface area contributed by atoms with Crippen molar-refractivity contribution in [3.8, 4) is 0 Å². The zero-order valence-corrected chi connectivity index (χ0v) is 18.2. The lowest BCUT2D eigenvalue weighted by Crippen LogP contribution is -2.43. The van der Waals surface area contributed by atoms with Crippen LogP contribution in [0.1, 0.15) is 49.0 Å². The Labute approximate surface area is 181 Å². The minimum absolute atomic E-state index is 0.0101. The molecule has 1 N–H and O–H groups in total. The van der Waals surface area contributed by atoms with Gasteiger partial charge in [0.25, 0.3) is 5.91 Å². The number of carbonyl (C=O) groups excluding carboxylic acids is 2. The van der Waals surface area contributed by atoms with Gasteiger partial charge in [0.1, 0.15) is 5.82 Å². The second kappa shape index (κ2) is 8.80. The van der Waals surface area contributed by atoms with Gasteiger partial charge in [-0.25, -0.2) is 4.39 Å². The zero-order valence-electron chi connectivity index (χ0n) is 17.4. The number of nitrogens with zero attached hydrogens (tertiary/aromatic N) is 1. The highest BCUT2D eigenvalue weighted by Crippen LogP contribution is 2.37. The lowest BCUT2D eigenvalue weighted by atomic mass is 9.78. The van der Waals surface area contributed by atoms with Crippen molar-refractivity contribution in [1.82, 2.24) is 5.32 Å². The number of thioether (sulfide) groups is 1. The van der Waals surface area contributed by atoms with Crippen LogP contribution in [-0.2, 0) is 11.3 Å². The maximum Gasteiger partial charge on any atom is 0.251 e. The van der Waals surface area contributed by atoms with Gasteiger partial charge in [0.05, 0.1) is 18.0 Å². The molecular formula is C24H27FN2O2S. The van der Waals surface area contributed by atoms with Crippen molar-refractivity contribution < 1.29 is 14.0 Å². The number of fused-ring (bicyclic) bond motifs is 1. The highest BCUT2D eigenvalue weighted by molar-refractivity contribution is 8.00. The molecule has 1 aliphatic heterocycles. The molecule has 6 heteroatoms. The van der Waals surface area contributed by atoms with E-state index in [1.165, 1.54) is 30.3 Å². The third-order valence-electron chi connectivity index (χ3n) is 6.44. The second-order valence-electron chi connectivity index (χ2n) is 8.42. The fraction of sp³-hybridized carbons (Fsp3) is 0.417. The standard InChI is InChI=1S/C24H27FN2O2S/c1-15-4-3-5-20(16(15)2)26-24(29)18-8-11-22-21(12-18)27(23(28)14-30-22)13-17-6-9-19(25)10-7-17/h6-12,15-16,20H,3-5,13-14H2,1-2H3,(H,26,29). The fourth-order valence-corrected chi connectivity index (χ4v) is 5.24. The summed E-state index contributed by atoms with van der Waals surface area (Å²) in [5.41, 5.74) is 2.17. The Morgan fingerprint density at radius 1 is 1.17 bits per heavy atom. The Balaban J connectivity index is 1.56. The van der Waals surface area contributed by atoms with Gasteiger partial charge in [-0.3, -0.25) is 9.59 Å². The molecule has 1 saturated carbocycles. The molecule has 0 bridgehead atoms. The number of carbonyl (C=O) groups is 2. The van der Waals surface area contributed by atoms with Crippen LogP contribution in [0.4, 0.5) is 10.1 Å².